The zero-order valence-electron chi connectivity index (χ0n) is 11.8. The number of nitrogens with one attached hydrogen (secondary N) is 1. The fraction of sp³-hybridized carbons (Fsp3) is 0.615. The minimum absolute atomic E-state index is 0.00122. The van der Waals surface area contributed by atoms with Crippen molar-refractivity contribution in [3.05, 3.63) is 23.2 Å². The van der Waals surface area contributed by atoms with Crippen molar-refractivity contribution in [1.29, 1.82) is 0 Å². The van der Waals surface area contributed by atoms with E-state index in [0.29, 0.717) is 36.8 Å². The van der Waals surface area contributed by atoms with Crippen LogP contribution in [0.15, 0.2) is 10.5 Å². The van der Waals surface area contributed by atoms with Gasteiger partial charge in [-0.2, -0.15) is 0 Å². The van der Waals surface area contributed by atoms with Crippen LogP contribution in [0.25, 0.3) is 0 Å². The molecule has 0 aromatic carbocycles. The average molecular weight is 283 g/mol. The van der Waals surface area contributed by atoms with Crippen LogP contribution in [-0.4, -0.2) is 47.8 Å². The number of aliphatic hydroxyl groups is 1. The molecule has 1 aromatic heterocycles. The van der Waals surface area contributed by atoms with E-state index < -0.39 is 0 Å². The van der Waals surface area contributed by atoms with Gasteiger partial charge in [0, 0.05) is 12.6 Å². The molecule has 1 amide bonds. The Morgan fingerprint density at radius 3 is 3.05 bits per heavy atom. The largest absolute Gasteiger partial charge is 0.464 e. The molecule has 112 valence electrons. The number of nitrogens with two attached hydrogens (primary N) is 1. The first kappa shape index (κ1) is 15.0. The number of aryl methyl sites for hydroxylation is 1. The van der Waals surface area contributed by atoms with Crippen molar-refractivity contribution in [2.75, 3.05) is 19.8 Å². The summed E-state index contributed by atoms with van der Waals surface area (Å²) in [6, 6.07) is 1.93. The highest BCUT2D eigenvalue weighted by Gasteiger charge is 2.27. The zero-order chi connectivity index (χ0) is 14.7. The number of ether oxygens (including phenoxy) is 1. The monoisotopic (exact) mass is 283 g/mol. The van der Waals surface area contributed by atoms with E-state index in [2.05, 4.69) is 17.2 Å². The Labute approximate surface area is 117 Å². The van der Waals surface area contributed by atoms with Crippen molar-refractivity contribution in [3.63, 3.8) is 0 Å². The zero-order valence-corrected chi connectivity index (χ0v) is 11.8. The fourth-order valence-corrected chi connectivity index (χ4v) is 2.33. The van der Waals surface area contributed by atoms with Crippen molar-refractivity contribution in [2.24, 2.45) is 5.84 Å². The van der Waals surface area contributed by atoms with Gasteiger partial charge in [0.05, 0.1) is 31.4 Å². The smallest absolute Gasteiger partial charge is 0.268 e. The number of amides is 1. The summed E-state index contributed by atoms with van der Waals surface area (Å²) < 4.78 is 11.1. The first-order chi connectivity index (χ1) is 9.55. The van der Waals surface area contributed by atoms with Gasteiger partial charge in [0.1, 0.15) is 11.5 Å². The highest BCUT2D eigenvalue weighted by atomic mass is 16.5. The summed E-state index contributed by atoms with van der Waals surface area (Å²) >= 11 is 0. The second kappa shape index (κ2) is 6.36. The Morgan fingerprint density at radius 2 is 2.40 bits per heavy atom. The standard InChI is InChI=1S/C13H21N3O4/c1-8-7-19-11(6-17)5-16(8)4-10-3-12(9(2)20-10)13(18)15-14/h3,8,11,17H,4-7,14H2,1-2H3,(H,15,18). The molecule has 7 heteroatoms. The van der Waals surface area contributed by atoms with Gasteiger partial charge in [-0.3, -0.25) is 15.1 Å². The predicted octanol–water partition coefficient (Wildman–Crippen LogP) is -0.227. The lowest BCUT2D eigenvalue weighted by molar-refractivity contribution is -0.0820. The second-order valence-electron chi connectivity index (χ2n) is 5.07. The third kappa shape index (κ3) is 3.18. The maximum Gasteiger partial charge on any atom is 0.268 e. The second-order valence-corrected chi connectivity index (χ2v) is 5.07. The Balaban J connectivity index is 2.07. The minimum atomic E-state index is -0.360. The van der Waals surface area contributed by atoms with Crippen LogP contribution in [0.1, 0.15) is 28.8 Å². The maximum absolute atomic E-state index is 11.5. The number of carbonyl (C=O) groups is 1. The number of furan rings is 1. The summed E-state index contributed by atoms with van der Waals surface area (Å²) in [5.74, 6) is 6.01. The van der Waals surface area contributed by atoms with Crippen LogP contribution >= 0.6 is 0 Å². The lowest BCUT2D eigenvalue weighted by Gasteiger charge is -2.36. The van der Waals surface area contributed by atoms with E-state index in [4.69, 9.17) is 15.0 Å². The highest BCUT2D eigenvalue weighted by molar-refractivity contribution is 5.94. The summed E-state index contributed by atoms with van der Waals surface area (Å²) in [5, 5.41) is 9.17. The first-order valence-electron chi connectivity index (χ1n) is 6.62. The van der Waals surface area contributed by atoms with Crippen molar-refractivity contribution in [3.8, 4) is 0 Å². The number of carbonyl (C=O) groups excluding carboxylic acids is 1. The van der Waals surface area contributed by atoms with E-state index in [1.165, 1.54) is 0 Å². The fourth-order valence-electron chi connectivity index (χ4n) is 2.33. The van der Waals surface area contributed by atoms with E-state index in [1.807, 2.05) is 0 Å². The Kier molecular flexibility index (Phi) is 4.77. The number of hydrazine groups is 1. The third-order valence-electron chi connectivity index (χ3n) is 3.54. The number of morpholine rings is 1. The number of nitrogen functional groups attached to an aromatic ring is 1. The number of aliphatic hydroxyl groups excluding tert-OH is 1. The van der Waals surface area contributed by atoms with Gasteiger partial charge in [-0.15, -0.1) is 0 Å². The molecule has 7 nitrogen and oxygen atoms in total. The van der Waals surface area contributed by atoms with E-state index in [9.17, 15) is 9.90 Å². The van der Waals surface area contributed by atoms with Crippen molar-refractivity contribution >= 4 is 5.91 Å². The number of rotatable bonds is 4. The quantitative estimate of drug-likeness (QED) is 0.401. The minimum Gasteiger partial charge on any atom is -0.464 e. The molecule has 1 aliphatic rings. The molecule has 2 atom stereocenters. The molecule has 0 radical (unpaired) electrons. The molecule has 0 spiro atoms. The summed E-state index contributed by atoms with van der Waals surface area (Å²) in [6.45, 7) is 5.56. The highest BCUT2D eigenvalue weighted by Crippen LogP contribution is 2.19. The van der Waals surface area contributed by atoms with Crippen LogP contribution in [0.3, 0.4) is 0 Å². The van der Waals surface area contributed by atoms with E-state index in [0.717, 1.165) is 0 Å². The summed E-state index contributed by atoms with van der Waals surface area (Å²) in [6.07, 6.45) is -0.172. The summed E-state index contributed by atoms with van der Waals surface area (Å²) in [7, 11) is 0. The van der Waals surface area contributed by atoms with Gasteiger partial charge in [0.2, 0.25) is 0 Å². The molecular weight excluding hydrogens is 262 g/mol. The van der Waals surface area contributed by atoms with Gasteiger partial charge in [0.15, 0.2) is 0 Å². The summed E-state index contributed by atoms with van der Waals surface area (Å²) in [4.78, 5) is 13.7. The van der Waals surface area contributed by atoms with Crippen LogP contribution in [0, 0.1) is 6.92 Å². The lowest BCUT2D eigenvalue weighted by Crippen LogP contribution is -2.48. The van der Waals surface area contributed by atoms with Gasteiger partial charge >= 0.3 is 0 Å². The number of hydrogen-bond donors (Lipinski definition) is 3. The average Bonchev–Trinajstić information content (AvgIpc) is 2.81. The third-order valence-corrected chi connectivity index (χ3v) is 3.54. The van der Waals surface area contributed by atoms with Gasteiger partial charge in [-0.05, 0) is 19.9 Å². The summed E-state index contributed by atoms with van der Waals surface area (Å²) in [5.41, 5.74) is 2.54. The van der Waals surface area contributed by atoms with Gasteiger partial charge in [-0.25, -0.2) is 5.84 Å². The topological polar surface area (TPSA) is 101 Å². The van der Waals surface area contributed by atoms with Crippen LogP contribution in [-0.2, 0) is 11.3 Å². The molecular formula is C13H21N3O4. The van der Waals surface area contributed by atoms with Crippen LogP contribution in [0.2, 0.25) is 0 Å². The van der Waals surface area contributed by atoms with Crippen molar-refractivity contribution in [1.82, 2.24) is 10.3 Å². The molecule has 2 unspecified atom stereocenters. The molecule has 2 rings (SSSR count). The maximum atomic E-state index is 11.5. The van der Waals surface area contributed by atoms with Crippen LogP contribution in [0.4, 0.5) is 0 Å². The molecule has 1 saturated heterocycles. The van der Waals surface area contributed by atoms with E-state index in [1.54, 1.807) is 13.0 Å². The van der Waals surface area contributed by atoms with Gasteiger partial charge in [0.25, 0.3) is 5.91 Å². The normalized spacial score (nSPS) is 23.8. The molecule has 0 saturated carbocycles. The Hall–Kier alpha value is -1.41. The van der Waals surface area contributed by atoms with E-state index in [-0.39, 0.29) is 24.7 Å². The number of hydrogen-bond acceptors (Lipinski definition) is 6. The molecule has 0 aliphatic carbocycles. The lowest BCUT2D eigenvalue weighted by atomic mass is 10.2. The first-order valence-corrected chi connectivity index (χ1v) is 6.62. The number of nitrogens with zero attached hydrogens (tertiary/aromatic N) is 1. The van der Waals surface area contributed by atoms with E-state index >= 15 is 0 Å². The molecule has 4 N–H and O–H groups in total. The predicted molar refractivity (Wildman–Crippen MR) is 71.8 cm³/mol. The molecule has 1 fully saturated rings. The molecule has 0 bridgehead atoms. The van der Waals surface area contributed by atoms with Crippen molar-refractivity contribution < 1.29 is 19.1 Å². The van der Waals surface area contributed by atoms with Crippen LogP contribution in [0.5, 0.6) is 0 Å². The molecule has 20 heavy (non-hydrogen) atoms. The van der Waals surface area contributed by atoms with Crippen LogP contribution < -0.4 is 11.3 Å². The molecule has 1 aromatic rings. The van der Waals surface area contributed by atoms with Gasteiger partial charge in [-0.1, -0.05) is 0 Å². The van der Waals surface area contributed by atoms with Crippen molar-refractivity contribution in [2.45, 2.75) is 32.5 Å². The Morgan fingerprint density at radius 1 is 1.65 bits per heavy atom. The molecule has 1 aliphatic heterocycles. The molecule has 2 heterocycles. The SMILES string of the molecule is Cc1oc(CN2CC(CO)OCC2C)cc1C(=O)NN. The Bertz CT molecular complexity index is 474. The van der Waals surface area contributed by atoms with Gasteiger partial charge < -0.3 is 14.3 Å².